The molecule has 138 valence electrons. The second-order valence-corrected chi connectivity index (χ2v) is 6.82. The fourth-order valence-corrected chi connectivity index (χ4v) is 3.65. The molecule has 0 spiro atoms. The third kappa shape index (κ3) is 3.58. The van der Waals surface area contributed by atoms with E-state index in [1.54, 1.807) is 0 Å². The number of ether oxygens (including phenoxy) is 2. The normalized spacial score (nSPS) is 23.2. The van der Waals surface area contributed by atoms with Gasteiger partial charge in [0.2, 0.25) is 11.8 Å². The van der Waals surface area contributed by atoms with Crippen LogP contribution < -0.4 is 15.0 Å². The zero-order chi connectivity index (χ0) is 17.9. The van der Waals surface area contributed by atoms with E-state index in [4.69, 9.17) is 19.4 Å². The van der Waals surface area contributed by atoms with Gasteiger partial charge in [-0.05, 0) is 31.4 Å². The lowest BCUT2D eigenvalue weighted by molar-refractivity contribution is -0.149. The Labute approximate surface area is 152 Å². The van der Waals surface area contributed by atoms with Crippen LogP contribution in [0.15, 0.2) is 24.3 Å². The van der Waals surface area contributed by atoms with Crippen molar-refractivity contribution in [1.82, 2.24) is 15.3 Å². The molecule has 1 saturated carbocycles. The molecule has 1 aliphatic carbocycles. The summed E-state index contributed by atoms with van der Waals surface area (Å²) in [5, 5.41) is 4.23. The lowest BCUT2D eigenvalue weighted by atomic mass is 10.2. The first-order valence-electron chi connectivity index (χ1n) is 9.27. The summed E-state index contributed by atoms with van der Waals surface area (Å²) in [5.41, 5.74) is 0.869. The van der Waals surface area contributed by atoms with Gasteiger partial charge in [0.15, 0.2) is 0 Å². The van der Waals surface area contributed by atoms with Crippen LogP contribution in [-0.4, -0.2) is 54.3 Å². The zero-order valence-corrected chi connectivity index (χ0v) is 15.0. The number of carbonyl (C=O) groups excluding carboxylic acids is 1. The summed E-state index contributed by atoms with van der Waals surface area (Å²) in [6.07, 6.45) is 2.31. The standard InChI is InChI=1S/C19H24N4O3/c1-13(24)25-16-7-4-8-17(16)26-18-14-5-2-3-6-15(14)21-19(22-18)23-11-9-20-10-12-23/h2-3,5-6,16-17,20H,4,7-12H2,1H3/t16-,17-/m0/s1. The maximum Gasteiger partial charge on any atom is 0.303 e. The minimum absolute atomic E-state index is 0.159. The molecule has 7 heteroatoms. The highest BCUT2D eigenvalue weighted by atomic mass is 16.6. The second-order valence-electron chi connectivity index (χ2n) is 6.82. The van der Waals surface area contributed by atoms with Gasteiger partial charge >= 0.3 is 5.97 Å². The van der Waals surface area contributed by atoms with Crippen molar-refractivity contribution in [2.24, 2.45) is 0 Å². The van der Waals surface area contributed by atoms with E-state index in [-0.39, 0.29) is 18.2 Å². The Hall–Kier alpha value is -2.41. The van der Waals surface area contributed by atoms with Crippen LogP contribution in [0.1, 0.15) is 26.2 Å². The predicted octanol–water partition coefficient (Wildman–Crippen LogP) is 1.90. The number of aromatic nitrogens is 2. The van der Waals surface area contributed by atoms with Gasteiger partial charge in [-0.1, -0.05) is 12.1 Å². The van der Waals surface area contributed by atoms with E-state index in [9.17, 15) is 4.79 Å². The highest BCUT2D eigenvalue weighted by Gasteiger charge is 2.32. The van der Waals surface area contributed by atoms with Crippen LogP contribution in [0.4, 0.5) is 5.95 Å². The topological polar surface area (TPSA) is 76.6 Å². The van der Waals surface area contributed by atoms with Crippen LogP contribution in [-0.2, 0) is 9.53 Å². The van der Waals surface area contributed by atoms with E-state index in [1.807, 2.05) is 24.3 Å². The van der Waals surface area contributed by atoms with E-state index >= 15 is 0 Å². The van der Waals surface area contributed by atoms with Crippen LogP contribution in [0.5, 0.6) is 5.88 Å². The molecule has 4 rings (SSSR count). The van der Waals surface area contributed by atoms with Gasteiger partial charge in [-0.25, -0.2) is 4.98 Å². The van der Waals surface area contributed by atoms with Gasteiger partial charge < -0.3 is 19.7 Å². The molecule has 1 saturated heterocycles. The number of rotatable bonds is 4. The van der Waals surface area contributed by atoms with E-state index < -0.39 is 0 Å². The summed E-state index contributed by atoms with van der Waals surface area (Å²) in [7, 11) is 0. The lowest BCUT2D eigenvalue weighted by Crippen LogP contribution is -2.44. The van der Waals surface area contributed by atoms with Crippen LogP contribution in [0, 0.1) is 0 Å². The lowest BCUT2D eigenvalue weighted by Gasteiger charge is -2.28. The maximum atomic E-state index is 11.4. The van der Waals surface area contributed by atoms with Gasteiger partial charge in [0.05, 0.1) is 10.9 Å². The van der Waals surface area contributed by atoms with Gasteiger partial charge in [0, 0.05) is 33.1 Å². The van der Waals surface area contributed by atoms with Gasteiger partial charge in [-0.15, -0.1) is 0 Å². The number of piperazine rings is 1. The number of para-hydroxylation sites is 1. The molecule has 1 aromatic heterocycles. The Morgan fingerprint density at radius 1 is 1.15 bits per heavy atom. The molecule has 2 aromatic rings. The molecular formula is C19H24N4O3. The Morgan fingerprint density at radius 3 is 2.73 bits per heavy atom. The largest absolute Gasteiger partial charge is 0.470 e. The molecule has 0 unspecified atom stereocenters. The van der Waals surface area contributed by atoms with Crippen LogP contribution in [0.2, 0.25) is 0 Å². The number of hydrogen-bond donors (Lipinski definition) is 1. The Balaban J connectivity index is 1.65. The molecule has 0 radical (unpaired) electrons. The molecular weight excluding hydrogens is 332 g/mol. The number of hydrogen-bond acceptors (Lipinski definition) is 7. The molecule has 0 amide bonds. The van der Waals surface area contributed by atoms with Crippen LogP contribution >= 0.6 is 0 Å². The number of nitrogens with one attached hydrogen (secondary N) is 1. The van der Waals surface area contributed by atoms with Crippen molar-refractivity contribution in [3.05, 3.63) is 24.3 Å². The number of carbonyl (C=O) groups is 1. The minimum atomic E-state index is -0.264. The van der Waals surface area contributed by atoms with Crippen molar-refractivity contribution in [2.45, 2.75) is 38.4 Å². The predicted molar refractivity (Wildman–Crippen MR) is 98.4 cm³/mol. The highest BCUT2D eigenvalue weighted by molar-refractivity contribution is 5.84. The average molecular weight is 356 g/mol. The molecule has 7 nitrogen and oxygen atoms in total. The minimum Gasteiger partial charge on any atom is -0.470 e. The van der Waals surface area contributed by atoms with Crippen LogP contribution in [0.3, 0.4) is 0 Å². The van der Waals surface area contributed by atoms with Crippen molar-refractivity contribution in [1.29, 1.82) is 0 Å². The van der Waals surface area contributed by atoms with Gasteiger partial charge in [-0.2, -0.15) is 4.98 Å². The number of nitrogens with zero attached hydrogens (tertiary/aromatic N) is 3. The fourth-order valence-electron chi connectivity index (χ4n) is 3.65. The van der Waals surface area contributed by atoms with E-state index in [0.717, 1.165) is 56.3 Å². The first-order valence-corrected chi connectivity index (χ1v) is 9.27. The second kappa shape index (κ2) is 7.45. The average Bonchev–Trinajstić information content (AvgIpc) is 3.08. The van der Waals surface area contributed by atoms with E-state index in [2.05, 4.69) is 10.2 Å². The van der Waals surface area contributed by atoms with E-state index in [1.165, 1.54) is 6.92 Å². The quantitative estimate of drug-likeness (QED) is 0.839. The van der Waals surface area contributed by atoms with Gasteiger partial charge in [0.25, 0.3) is 0 Å². The molecule has 1 N–H and O–H groups in total. The third-order valence-electron chi connectivity index (χ3n) is 4.93. The number of anilines is 1. The van der Waals surface area contributed by atoms with Crippen molar-refractivity contribution < 1.29 is 14.3 Å². The summed E-state index contributed by atoms with van der Waals surface area (Å²) in [6, 6.07) is 7.88. The molecule has 2 atom stereocenters. The summed E-state index contributed by atoms with van der Waals surface area (Å²) < 4.78 is 11.7. The van der Waals surface area contributed by atoms with Crippen molar-refractivity contribution >= 4 is 22.8 Å². The maximum absolute atomic E-state index is 11.4. The fraction of sp³-hybridized carbons (Fsp3) is 0.526. The van der Waals surface area contributed by atoms with E-state index in [0.29, 0.717) is 11.8 Å². The van der Waals surface area contributed by atoms with Crippen molar-refractivity contribution in [3.63, 3.8) is 0 Å². The Bertz CT molecular complexity index is 791. The number of fused-ring (bicyclic) bond motifs is 1. The molecule has 0 bridgehead atoms. The molecule has 2 aliphatic rings. The number of benzene rings is 1. The van der Waals surface area contributed by atoms with Gasteiger partial charge in [-0.3, -0.25) is 4.79 Å². The zero-order valence-electron chi connectivity index (χ0n) is 15.0. The monoisotopic (exact) mass is 356 g/mol. The summed E-state index contributed by atoms with van der Waals surface area (Å²) >= 11 is 0. The first-order chi connectivity index (χ1) is 12.7. The number of esters is 1. The summed E-state index contributed by atoms with van der Waals surface area (Å²) in [4.78, 5) is 23.0. The van der Waals surface area contributed by atoms with Crippen LogP contribution in [0.25, 0.3) is 10.9 Å². The Kier molecular flexibility index (Phi) is 4.88. The first kappa shape index (κ1) is 17.0. The molecule has 1 aliphatic heterocycles. The van der Waals surface area contributed by atoms with Crippen molar-refractivity contribution in [3.8, 4) is 5.88 Å². The smallest absolute Gasteiger partial charge is 0.303 e. The summed E-state index contributed by atoms with van der Waals surface area (Å²) in [6.45, 7) is 5.03. The highest BCUT2D eigenvalue weighted by Crippen LogP contribution is 2.31. The molecule has 1 aromatic carbocycles. The molecule has 2 fully saturated rings. The SMILES string of the molecule is CC(=O)O[C@H]1CCC[C@@H]1Oc1nc(N2CCNCC2)nc2ccccc12. The van der Waals surface area contributed by atoms with Gasteiger partial charge in [0.1, 0.15) is 12.2 Å². The summed E-state index contributed by atoms with van der Waals surface area (Å²) in [5.74, 6) is 1.01. The Morgan fingerprint density at radius 2 is 1.92 bits per heavy atom. The molecule has 26 heavy (non-hydrogen) atoms. The molecule has 2 heterocycles. The van der Waals surface area contributed by atoms with Crippen molar-refractivity contribution in [2.75, 3.05) is 31.1 Å². The third-order valence-corrected chi connectivity index (χ3v) is 4.93.